The molecule has 0 aromatic heterocycles. The third-order valence-corrected chi connectivity index (χ3v) is 23.5. The molecule has 3 spiro atoms. The molecule has 6 atom stereocenters. The van der Waals surface area contributed by atoms with Crippen LogP contribution in [0.25, 0.3) is 0 Å². The number of piperidine rings is 4. The molecule has 12 aliphatic rings. The number of hydrogen-bond donors (Lipinski definition) is 2. The number of nitrogens with zero attached hydrogens (tertiary/aromatic N) is 6. The van der Waals surface area contributed by atoms with Crippen molar-refractivity contribution < 1.29 is 25.3 Å². The molecule has 4 amide bonds. The zero-order valence-electron chi connectivity index (χ0n) is 50.7. The van der Waals surface area contributed by atoms with Crippen molar-refractivity contribution in [3.63, 3.8) is 0 Å². The van der Waals surface area contributed by atoms with Crippen LogP contribution in [0.3, 0.4) is 0 Å². The second-order valence-electron chi connectivity index (χ2n) is 28.4. The van der Waals surface area contributed by atoms with Gasteiger partial charge < -0.3 is 44.6 Å². The van der Waals surface area contributed by atoms with Gasteiger partial charge in [-0.15, -0.1) is 0 Å². The summed E-state index contributed by atoms with van der Waals surface area (Å²) in [5.41, 5.74) is 12.7. The van der Waals surface area contributed by atoms with Crippen LogP contribution in [-0.4, -0.2) is 154 Å². The third-order valence-electron chi connectivity index (χ3n) is 23.5. The van der Waals surface area contributed by atoms with Gasteiger partial charge in [0.05, 0.1) is 13.2 Å². The van der Waals surface area contributed by atoms with Crippen LogP contribution in [0.1, 0.15) is 164 Å². The van der Waals surface area contributed by atoms with Gasteiger partial charge >= 0.3 is 12.1 Å². The Morgan fingerprint density at radius 1 is 0.610 bits per heavy atom. The first-order chi connectivity index (χ1) is 39.8. The van der Waals surface area contributed by atoms with Gasteiger partial charge in [0.25, 0.3) is 0 Å². The fourth-order valence-electron chi connectivity index (χ4n) is 18.8. The number of anilines is 3. The normalized spacial score (nSPS) is 30.4. The van der Waals surface area contributed by atoms with Crippen LogP contribution in [0, 0.1) is 44.4 Å². The number of likely N-dealkylation sites (tertiary alicyclic amines) is 4. The maximum Gasteiger partial charge on any atom is 0.410 e. The van der Waals surface area contributed by atoms with Gasteiger partial charge in [-0.3, -0.25) is 9.69 Å². The second-order valence-corrected chi connectivity index (χ2v) is 28.4. The van der Waals surface area contributed by atoms with E-state index in [1.807, 2.05) is 21.6 Å². The van der Waals surface area contributed by atoms with Crippen molar-refractivity contribution in [2.45, 2.75) is 191 Å². The fraction of sp³-hybridized carbons (Fsp3) is 0.696. The summed E-state index contributed by atoms with van der Waals surface area (Å²) >= 11 is 0. The minimum absolute atomic E-state index is 0. The average molecular weight is 1120 g/mol. The largest absolute Gasteiger partial charge is 0.444 e. The summed E-state index contributed by atoms with van der Waals surface area (Å²) < 4.78 is 10.9. The highest BCUT2D eigenvalue weighted by molar-refractivity contribution is 5.96. The molecule has 13 heteroatoms. The van der Waals surface area contributed by atoms with E-state index in [0.717, 1.165) is 125 Å². The molecule has 5 unspecified atom stereocenters. The van der Waals surface area contributed by atoms with Crippen LogP contribution < -0.4 is 20.4 Å². The van der Waals surface area contributed by atoms with Gasteiger partial charge in [0.1, 0.15) is 6.10 Å². The lowest BCUT2D eigenvalue weighted by Gasteiger charge is -2.45. The van der Waals surface area contributed by atoms with Crippen molar-refractivity contribution in [2.24, 2.45) is 23.7 Å². The number of amides is 4. The van der Waals surface area contributed by atoms with Gasteiger partial charge in [-0.1, -0.05) is 72.4 Å². The van der Waals surface area contributed by atoms with Crippen LogP contribution in [0.4, 0.5) is 26.7 Å². The van der Waals surface area contributed by atoms with Gasteiger partial charge in [-0.2, -0.15) is 0 Å². The summed E-state index contributed by atoms with van der Waals surface area (Å²) in [5.74, 6) is 4.24. The zero-order chi connectivity index (χ0) is 56.3. The van der Waals surface area contributed by atoms with Gasteiger partial charge in [0, 0.05) is 105 Å². The fourth-order valence-corrected chi connectivity index (χ4v) is 18.8. The maximum atomic E-state index is 12.7. The maximum absolute atomic E-state index is 12.7. The lowest BCUT2D eigenvalue weighted by atomic mass is 9.73. The van der Waals surface area contributed by atoms with Crippen molar-refractivity contribution in [3.8, 4) is 0 Å². The Labute approximate surface area is 492 Å². The van der Waals surface area contributed by atoms with Gasteiger partial charge in [-0.05, 0) is 215 Å². The number of urea groups is 1. The monoisotopic (exact) mass is 1120 g/mol. The summed E-state index contributed by atoms with van der Waals surface area (Å²) in [6, 6.07) is 22.5. The first-order valence-corrected chi connectivity index (χ1v) is 32.9. The highest BCUT2D eigenvalue weighted by atomic mass is 16.6. The minimum Gasteiger partial charge on any atom is -0.444 e. The molecule has 4 bridgehead atoms. The smallest absolute Gasteiger partial charge is 0.410 e. The van der Waals surface area contributed by atoms with E-state index in [1.165, 1.54) is 137 Å². The molecule has 2 N–H and O–H groups in total. The summed E-state index contributed by atoms with van der Waals surface area (Å²) in [5, 5.41) is 6.70. The van der Waals surface area contributed by atoms with E-state index in [2.05, 4.69) is 101 Å². The summed E-state index contributed by atoms with van der Waals surface area (Å²) in [4.78, 5) is 51.5. The zero-order valence-corrected chi connectivity index (χ0v) is 50.7. The second kappa shape index (κ2) is 23.3. The number of carbonyl (C=O) groups is 3. The summed E-state index contributed by atoms with van der Waals surface area (Å²) in [6.07, 6.45) is 23.2. The number of nitrogens with one attached hydrogen (secondary N) is 2. The Kier molecular flexibility index (Phi) is 16.0. The van der Waals surface area contributed by atoms with Crippen LogP contribution in [0.2, 0.25) is 0 Å². The van der Waals surface area contributed by atoms with E-state index in [0.29, 0.717) is 31.2 Å². The van der Waals surface area contributed by atoms with Crippen LogP contribution >= 0.6 is 0 Å². The van der Waals surface area contributed by atoms with Crippen molar-refractivity contribution in [3.05, 3.63) is 88.0 Å². The molecule has 4 saturated carbocycles. The van der Waals surface area contributed by atoms with E-state index < -0.39 is 0 Å². The van der Waals surface area contributed by atoms with E-state index in [-0.39, 0.29) is 36.4 Å². The molecule has 3 aromatic rings. The quantitative estimate of drug-likeness (QED) is 0.258. The predicted octanol–water partition coefficient (Wildman–Crippen LogP) is 11.7. The molecule has 446 valence electrons. The number of hydrogen-bond acceptors (Lipinski definition) is 9. The van der Waals surface area contributed by atoms with Crippen molar-refractivity contribution in [1.82, 2.24) is 24.9 Å². The Bertz CT molecular complexity index is 2800. The molecule has 8 heterocycles. The molecule has 3 aromatic carbocycles. The van der Waals surface area contributed by atoms with Crippen molar-refractivity contribution in [2.75, 3.05) is 107 Å². The minimum atomic E-state index is -0.182. The molecule has 13 nitrogen and oxygen atoms in total. The summed E-state index contributed by atoms with van der Waals surface area (Å²) in [7, 11) is 0. The molecule has 15 rings (SSSR count). The van der Waals surface area contributed by atoms with E-state index in [1.54, 1.807) is 18.9 Å². The average Bonchev–Trinajstić information content (AvgIpc) is 2.55. The number of fused-ring (bicyclic) bond motifs is 10. The van der Waals surface area contributed by atoms with E-state index in [9.17, 15) is 14.4 Å². The van der Waals surface area contributed by atoms with E-state index >= 15 is 0 Å². The number of aryl methyl sites for hydroxylation is 3. The highest BCUT2D eigenvalue weighted by Crippen LogP contribution is 2.53. The molecule has 4 aliphatic carbocycles. The molecular weight excluding hydrogens is 1020 g/mol. The molecule has 82 heavy (non-hydrogen) atoms. The van der Waals surface area contributed by atoms with E-state index in [4.69, 9.17) is 9.47 Å². The number of rotatable bonds is 5. The Morgan fingerprint density at radius 2 is 1.16 bits per heavy atom. The lowest BCUT2D eigenvalue weighted by Crippen LogP contribution is -2.52. The molecule has 5 saturated heterocycles. The number of benzene rings is 3. The standard InChI is InChI=1S/C25H35N3O4.C23H33N3O.C21H30N2.H2/c1-18-3-4-23-22(15-18)25(17-28(23)19(2)29)8-12-26(13-9-25)20-5-10-27(11-6-20)24(30)32-21-7-14-31-16-21;1-3-24-22(27)26-15-23(19-12-16(2)4-7-20(19)26)8-10-25(11-9-23)21-14-17-5-6-18(21)13-17;1-15-2-5-20-19(10-15)21(14-22-20)6-8-23(9-7-21)18-12-16-3-4-17(11-16)13-18;/h3-4,15,20-21H,5-14,16-17H2,1-2H3;4,7,12,17-18,21H,3,5-6,8-11,13-15H2,1-2H3,(H,24,27);2,5,10,16-18,22H,3-4,6-9,11-14H2,1H3;1H/t21-;;;/m0.../s1. The van der Waals surface area contributed by atoms with Gasteiger partial charge in [0.2, 0.25) is 5.91 Å². The molecule has 9 fully saturated rings. The van der Waals surface area contributed by atoms with Crippen molar-refractivity contribution >= 4 is 35.1 Å². The number of carbonyl (C=O) groups excluding carboxylic acids is 3. The Balaban J connectivity index is 0.000000124. The van der Waals surface area contributed by atoms with Crippen molar-refractivity contribution in [1.29, 1.82) is 0 Å². The molecule has 8 aliphatic heterocycles. The lowest BCUT2D eigenvalue weighted by molar-refractivity contribution is -0.116. The van der Waals surface area contributed by atoms with Gasteiger partial charge in [-0.25, -0.2) is 9.59 Å². The van der Waals surface area contributed by atoms with Crippen LogP contribution in [-0.2, 0) is 30.5 Å². The topological polar surface area (TPSA) is 113 Å². The first kappa shape index (κ1) is 56.4. The number of ether oxygens (including phenoxy) is 2. The third kappa shape index (κ3) is 11.0. The Hall–Kier alpha value is -4.69. The molecular formula is C69H100N8O5. The summed E-state index contributed by atoms with van der Waals surface area (Å²) in [6.45, 7) is 23.6. The SMILES string of the molecule is CC(=O)N1CC2(CCN(C3CCN(C(=O)O[C@H]4CCOC4)CC3)CC2)c2cc(C)ccc21.CCNC(=O)N1CC2(CCN(C3CC4CCC3C4)CC2)c2cc(C)ccc21.Cc1ccc2c(c1)C1(CCN(C3CC4CCC(C4)C3)CC1)CN2.[HH]. The van der Waals surface area contributed by atoms with Gasteiger partial charge in [0.15, 0.2) is 0 Å². The Morgan fingerprint density at radius 3 is 1.73 bits per heavy atom. The first-order valence-electron chi connectivity index (χ1n) is 32.9. The highest BCUT2D eigenvalue weighted by Gasteiger charge is 2.51. The predicted molar refractivity (Wildman–Crippen MR) is 329 cm³/mol. The van der Waals surface area contributed by atoms with Crippen LogP contribution in [0.15, 0.2) is 54.6 Å². The molecule has 0 radical (unpaired) electrons. The van der Waals surface area contributed by atoms with Crippen LogP contribution in [0.5, 0.6) is 0 Å².